The number of rotatable bonds is 8. The Balaban J connectivity index is 2.32. The number of nitrogens with zero attached hydrogens (tertiary/aromatic N) is 2. The lowest BCUT2D eigenvalue weighted by molar-refractivity contribution is 0.0508. The van der Waals surface area contributed by atoms with Gasteiger partial charge in [0, 0.05) is 43.3 Å². The van der Waals surface area contributed by atoms with Gasteiger partial charge in [-0.1, -0.05) is 0 Å². The number of hydrogen-bond donors (Lipinski definition) is 2. The highest BCUT2D eigenvalue weighted by Crippen LogP contribution is 2.21. The Labute approximate surface area is 143 Å². The fourth-order valence-corrected chi connectivity index (χ4v) is 3.00. The fourth-order valence-electron chi connectivity index (χ4n) is 1.99. The van der Waals surface area contributed by atoms with Gasteiger partial charge >= 0.3 is 6.09 Å². The second-order valence-electron chi connectivity index (χ2n) is 6.46. The molecule has 0 saturated heterocycles. The van der Waals surface area contributed by atoms with Crippen LogP contribution in [0.2, 0.25) is 0 Å². The summed E-state index contributed by atoms with van der Waals surface area (Å²) in [5.41, 5.74) is -0.472. The second-order valence-corrected chi connectivity index (χ2v) is 7.55. The van der Waals surface area contributed by atoms with Crippen LogP contribution in [0.1, 0.15) is 46.4 Å². The van der Waals surface area contributed by atoms with E-state index >= 15 is 0 Å². The molecule has 0 aliphatic carbocycles. The molecular formula is C16H30N4O2S. The lowest BCUT2D eigenvalue weighted by atomic mass is 10.2. The Hall–Kier alpha value is -1.34. The summed E-state index contributed by atoms with van der Waals surface area (Å²) in [6.45, 7) is 15.1. The molecule has 0 aromatic carbocycles. The van der Waals surface area contributed by atoms with Crippen molar-refractivity contribution in [1.82, 2.24) is 15.6 Å². The first kappa shape index (κ1) is 19.7. The zero-order chi connectivity index (χ0) is 17.5. The quantitative estimate of drug-likeness (QED) is 0.760. The molecule has 2 N–H and O–H groups in total. The number of alkyl carbamates (subject to hydrolysis) is 1. The number of thiazole rings is 1. The minimum Gasteiger partial charge on any atom is -0.444 e. The Kier molecular flexibility index (Phi) is 7.78. The van der Waals surface area contributed by atoms with Gasteiger partial charge < -0.3 is 20.3 Å². The molecule has 0 radical (unpaired) electrons. The zero-order valence-electron chi connectivity index (χ0n) is 15.1. The number of nitrogens with one attached hydrogen (secondary N) is 2. The molecule has 0 fully saturated rings. The van der Waals surface area contributed by atoms with Crippen molar-refractivity contribution in [3.63, 3.8) is 0 Å². The van der Waals surface area contributed by atoms with Gasteiger partial charge in [-0.05, 0) is 41.5 Å². The van der Waals surface area contributed by atoms with Crippen LogP contribution in [0.5, 0.6) is 0 Å². The number of ether oxygens (including phenoxy) is 1. The van der Waals surface area contributed by atoms with Crippen LogP contribution in [0.15, 0.2) is 6.20 Å². The normalized spacial score (nSPS) is 12.8. The van der Waals surface area contributed by atoms with E-state index in [0.29, 0.717) is 6.54 Å². The molecule has 0 aliphatic heterocycles. The zero-order valence-corrected chi connectivity index (χ0v) is 15.9. The highest BCUT2D eigenvalue weighted by molar-refractivity contribution is 7.15. The maximum atomic E-state index is 11.7. The first-order valence-corrected chi connectivity index (χ1v) is 8.96. The summed E-state index contributed by atoms with van der Waals surface area (Å²) in [5.74, 6) is 0. The molecule has 132 valence electrons. The van der Waals surface area contributed by atoms with E-state index in [1.165, 1.54) is 4.88 Å². The Morgan fingerprint density at radius 1 is 1.39 bits per heavy atom. The summed E-state index contributed by atoms with van der Waals surface area (Å²) < 4.78 is 5.24. The molecule has 1 unspecified atom stereocenters. The standard InChI is InChI=1S/C16H30N4O2S/c1-7-20(8-2)14-18-11-13(23-14)10-17-9-12(3)19-15(21)22-16(4,5)6/h11-12,17H,7-10H2,1-6H3,(H,19,21). The molecule has 0 saturated carbocycles. The molecule has 23 heavy (non-hydrogen) atoms. The van der Waals surface area contributed by atoms with Crippen molar-refractivity contribution in [2.45, 2.75) is 59.7 Å². The summed E-state index contributed by atoms with van der Waals surface area (Å²) >= 11 is 1.70. The van der Waals surface area contributed by atoms with Crippen molar-refractivity contribution in [2.75, 3.05) is 24.5 Å². The summed E-state index contributed by atoms with van der Waals surface area (Å²) in [4.78, 5) is 19.6. The van der Waals surface area contributed by atoms with Crippen LogP contribution in [0.25, 0.3) is 0 Å². The van der Waals surface area contributed by atoms with Crippen molar-refractivity contribution >= 4 is 22.6 Å². The third-order valence-corrected chi connectivity index (χ3v) is 4.15. The van der Waals surface area contributed by atoms with Gasteiger partial charge in [0.05, 0.1) is 0 Å². The van der Waals surface area contributed by atoms with E-state index in [9.17, 15) is 4.79 Å². The number of aromatic nitrogens is 1. The first-order chi connectivity index (χ1) is 10.7. The van der Waals surface area contributed by atoms with Crippen LogP contribution in [0.4, 0.5) is 9.93 Å². The van der Waals surface area contributed by atoms with Crippen molar-refractivity contribution in [2.24, 2.45) is 0 Å². The lowest BCUT2D eigenvalue weighted by Crippen LogP contribution is -2.42. The van der Waals surface area contributed by atoms with E-state index in [-0.39, 0.29) is 12.1 Å². The maximum absolute atomic E-state index is 11.7. The predicted molar refractivity (Wildman–Crippen MR) is 96.2 cm³/mol. The molecule has 6 nitrogen and oxygen atoms in total. The smallest absolute Gasteiger partial charge is 0.407 e. The average molecular weight is 343 g/mol. The molecule has 1 heterocycles. The molecule has 0 spiro atoms. The summed E-state index contributed by atoms with van der Waals surface area (Å²) in [6, 6.07) is 0.0000222. The number of anilines is 1. The van der Waals surface area contributed by atoms with E-state index in [0.717, 1.165) is 24.8 Å². The number of amides is 1. The van der Waals surface area contributed by atoms with E-state index in [2.05, 4.69) is 34.4 Å². The van der Waals surface area contributed by atoms with Crippen LogP contribution in [0, 0.1) is 0 Å². The first-order valence-electron chi connectivity index (χ1n) is 8.15. The van der Waals surface area contributed by atoms with Crippen molar-refractivity contribution in [3.05, 3.63) is 11.1 Å². The molecular weight excluding hydrogens is 312 g/mol. The second kappa shape index (κ2) is 9.08. The molecule has 0 aliphatic rings. The Morgan fingerprint density at radius 2 is 2.04 bits per heavy atom. The van der Waals surface area contributed by atoms with Gasteiger partial charge in [0.15, 0.2) is 5.13 Å². The largest absolute Gasteiger partial charge is 0.444 e. The molecule has 7 heteroatoms. The van der Waals surface area contributed by atoms with E-state index in [1.807, 2.05) is 33.9 Å². The lowest BCUT2D eigenvalue weighted by Gasteiger charge is -2.22. The van der Waals surface area contributed by atoms with Crippen LogP contribution >= 0.6 is 11.3 Å². The maximum Gasteiger partial charge on any atom is 0.407 e. The molecule has 1 aromatic rings. The molecule has 1 atom stereocenters. The third-order valence-electron chi connectivity index (χ3n) is 3.09. The number of carbonyl (C=O) groups excluding carboxylic acids is 1. The van der Waals surface area contributed by atoms with Crippen LogP contribution in [-0.4, -0.2) is 42.4 Å². The van der Waals surface area contributed by atoms with Gasteiger partial charge in [-0.3, -0.25) is 0 Å². The average Bonchev–Trinajstić information content (AvgIpc) is 2.86. The Morgan fingerprint density at radius 3 is 2.61 bits per heavy atom. The Bertz CT molecular complexity index is 481. The monoisotopic (exact) mass is 342 g/mol. The SMILES string of the molecule is CCN(CC)c1ncc(CNCC(C)NC(=O)OC(C)(C)C)s1. The van der Waals surface area contributed by atoms with E-state index < -0.39 is 5.60 Å². The third kappa shape index (κ3) is 7.65. The molecule has 0 bridgehead atoms. The van der Waals surface area contributed by atoms with Gasteiger partial charge in [-0.2, -0.15) is 0 Å². The van der Waals surface area contributed by atoms with Crippen molar-refractivity contribution in [3.8, 4) is 0 Å². The fraction of sp³-hybridized carbons (Fsp3) is 0.750. The van der Waals surface area contributed by atoms with Crippen molar-refractivity contribution < 1.29 is 9.53 Å². The summed E-state index contributed by atoms with van der Waals surface area (Å²) in [7, 11) is 0. The van der Waals surface area contributed by atoms with Crippen LogP contribution in [-0.2, 0) is 11.3 Å². The summed E-state index contributed by atoms with van der Waals surface area (Å²) in [6.07, 6.45) is 1.53. The summed E-state index contributed by atoms with van der Waals surface area (Å²) in [5, 5.41) is 7.22. The highest BCUT2D eigenvalue weighted by atomic mass is 32.1. The molecule has 1 aromatic heterocycles. The van der Waals surface area contributed by atoms with Crippen molar-refractivity contribution in [1.29, 1.82) is 0 Å². The topological polar surface area (TPSA) is 66.5 Å². The van der Waals surface area contributed by atoms with Crippen LogP contribution < -0.4 is 15.5 Å². The van der Waals surface area contributed by atoms with Gasteiger partial charge in [-0.25, -0.2) is 9.78 Å². The van der Waals surface area contributed by atoms with Gasteiger partial charge in [0.2, 0.25) is 0 Å². The van der Waals surface area contributed by atoms with Gasteiger partial charge in [-0.15, -0.1) is 11.3 Å². The van der Waals surface area contributed by atoms with Crippen LogP contribution in [0.3, 0.4) is 0 Å². The molecule has 1 rings (SSSR count). The predicted octanol–water partition coefficient (Wildman–Crippen LogP) is 2.99. The van der Waals surface area contributed by atoms with E-state index in [4.69, 9.17) is 4.74 Å². The van der Waals surface area contributed by atoms with Gasteiger partial charge in [0.25, 0.3) is 0 Å². The van der Waals surface area contributed by atoms with E-state index in [1.54, 1.807) is 11.3 Å². The minimum absolute atomic E-state index is 0.0000222. The van der Waals surface area contributed by atoms with Gasteiger partial charge in [0.1, 0.15) is 5.60 Å². The number of hydrogen-bond acceptors (Lipinski definition) is 6. The highest BCUT2D eigenvalue weighted by Gasteiger charge is 2.17. The number of carbonyl (C=O) groups is 1. The molecule has 1 amide bonds. The minimum atomic E-state index is -0.472.